The third-order valence-corrected chi connectivity index (χ3v) is 5.25. The maximum absolute atomic E-state index is 12.3. The standard InChI is InChI=1S/C12H14BrNO3S/c1-7-5-9(18-10(7)13)11(15)14-4-2-3-8(6-14)12(16)17/h5,8H,2-4,6H2,1H3,(H,16,17). The van der Waals surface area contributed by atoms with Crippen LogP contribution in [0.5, 0.6) is 0 Å². The Balaban J connectivity index is 2.11. The predicted octanol–water partition coefficient (Wildman–Crippen LogP) is 2.76. The number of carbonyl (C=O) groups excluding carboxylic acids is 1. The van der Waals surface area contributed by atoms with Gasteiger partial charge in [0.15, 0.2) is 0 Å². The molecule has 2 rings (SSSR count). The number of hydrogen-bond donors (Lipinski definition) is 1. The van der Waals surface area contributed by atoms with Crippen LogP contribution in [-0.2, 0) is 4.79 Å². The average molecular weight is 332 g/mol. The van der Waals surface area contributed by atoms with Crippen LogP contribution in [0.4, 0.5) is 0 Å². The van der Waals surface area contributed by atoms with Crippen molar-refractivity contribution in [3.05, 3.63) is 20.3 Å². The molecule has 18 heavy (non-hydrogen) atoms. The molecule has 0 saturated carbocycles. The minimum absolute atomic E-state index is 0.0558. The Labute approximate surface area is 118 Å². The summed E-state index contributed by atoms with van der Waals surface area (Å²) in [5.74, 6) is -1.29. The summed E-state index contributed by atoms with van der Waals surface area (Å²) < 4.78 is 0.956. The molecule has 0 radical (unpaired) electrons. The van der Waals surface area contributed by atoms with E-state index in [9.17, 15) is 9.59 Å². The van der Waals surface area contributed by atoms with Crippen LogP contribution in [0.1, 0.15) is 28.1 Å². The summed E-state index contributed by atoms with van der Waals surface area (Å²) in [6.45, 7) is 2.91. The number of aryl methyl sites for hydroxylation is 1. The van der Waals surface area contributed by atoms with Gasteiger partial charge in [-0.2, -0.15) is 0 Å². The SMILES string of the molecule is Cc1cc(C(=O)N2CCCC(C(=O)O)C2)sc1Br. The van der Waals surface area contributed by atoms with Crippen molar-refractivity contribution in [2.45, 2.75) is 19.8 Å². The van der Waals surface area contributed by atoms with Crippen molar-refractivity contribution < 1.29 is 14.7 Å². The number of carboxylic acid groups (broad SMARTS) is 1. The Kier molecular flexibility index (Phi) is 4.07. The van der Waals surface area contributed by atoms with E-state index in [0.29, 0.717) is 24.4 Å². The first-order valence-electron chi connectivity index (χ1n) is 5.77. The molecule has 1 unspecified atom stereocenters. The largest absolute Gasteiger partial charge is 0.481 e. The van der Waals surface area contributed by atoms with Crippen LogP contribution in [0.3, 0.4) is 0 Å². The summed E-state index contributed by atoms with van der Waals surface area (Å²) in [5, 5.41) is 9.01. The first-order valence-corrected chi connectivity index (χ1v) is 7.38. The molecule has 2 heterocycles. The van der Waals surface area contributed by atoms with Gasteiger partial charge in [0.1, 0.15) is 0 Å². The number of thiophene rings is 1. The monoisotopic (exact) mass is 331 g/mol. The van der Waals surface area contributed by atoms with Crippen molar-refractivity contribution in [2.24, 2.45) is 5.92 Å². The number of halogens is 1. The summed E-state index contributed by atoms with van der Waals surface area (Å²) >= 11 is 4.80. The van der Waals surface area contributed by atoms with Gasteiger partial charge >= 0.3 is 5.97 Å². The van der Waals surface area contributed by atoms with Crippen LogP contribution >= 0.6 is 27.3 Å². The van der Waals surface area contributed by atoms with Gasteiger partial charge in [0.25, 0.3) is 5.91 Å². The fraction of sp³-hybridized carbons (Fsp3) is 0.500. The fourth-order valence-electron chi connectivity index (χ4n) is 2.08. The molecule has 1 N–H and O–H groups in total. The first-order chi connectivity index (χ1) is 8.49. The summed E-state index contributed by atoms with van der Waals surface area (Å²) in [7, 11) is 0. The second kappa shape index (κ2) is 5.40. The molecule has 1 aromatic rings. The van der Waals surface area contributed by atoms with Crippen molar-refractivity contribution in [3.8, 4) is 0 Å². The maximum Gasteiger partial charge on any atom is 0.308 e. The summed E-state index contributed by atoms with van der Waals surface area (Å²) in [6.07, 6.45) is 1.42. The van der Waals surface area contributed by atoms with Gasteiger partial charge in [-0.1, -0.05) is 0 Å². The zero-order chi connectivity index (χ0) is 13.3. The second-order valence-electron chi connectivity index (χ2n) is 4.50. The molecular formula is C12H14BrNO3S. The van der Waals surface area contributed by atoms with E-state index in [1.165, 1.54) is 11.3 Å². The van der Waals surface area contributed by atoms with E-state index in [1.807, 2.05) is 13.0 Å². The molecule has 0 bridgehead atoms. The Bertz CT molecular complexity index is 466. The number of nitrogens with zero attached hydrogens (tertiary/aromatic N) is 1. The highest BCUT2D eigenvalue weighted by Gasteiger charge is 2.29. The van der Waals surface area contributed by atoms with E-state index in [1.54, 1.807) is 4.90 Å². The van der Waals surface area contributed by atoms with Gasteiger partial charge < -0.3 is 10.0 Å². The number of piperidine rings is 1. The molecule has 1 atom stereocenters. The number of hydrogen-bond acceptors (Lipinski definition) is 3. The molecule has 0 aromatic carbocycles. The van der Waals surface area contributed by atoms with Crippen molar-refractivity contribution >= 4 is 39.1 Å². The lowest BCUT2D eigenvalue weighted by Gasteiger charge is -2.30. The van der Waals surface area contributed by atoms with Crippen LogP contribution in [0.25, 0.3) is 0 Å². The molecule has 1 aliphatic rings. The minimum atomic E-state index is -0.809. The molecule has 0 spiro atoms. The number of aliphatic carboxylic acids is 1. The van der Waals surface area contributed by atoms with E-state index >= 15 is 0 Å². The van der Waals surface area contributed by atoms with Crippen molar-refractivity contribution in [2.75, 3.05) is 13.1 Å². The van der Waals surface area contributed by atoms with Gasteiger partial charge in [-0.25, -0.2) is 0 Å². The van der Waals surface area contributed by atoms with Gasteiger partial charge in [0.2, 0.25) is 0 Å². The molecular weight excluding hydrogens is 318 g/mol. The van der Waals surface area contributed by atoms with E-state index in [4.69, 9.17) is 5.11 Å². The molecule has 4 nitrogen and oxygen atoms in total. The molecule has 1 fully saturated rings. The van der Waals surface area contributed by atoms with Gasteiger partial charge in [0, 0.05) is 13.1 Å². The summed E-state index contributed by atoms with van der Waals surface area (Å²) in [4.78, 5) is 25.6. The smallest absolute Gasteiger partial charge is 0.308 e. The molecule has 0 aliphatic carbocycles. The lowest BCUT2D eigenvalue weighted by Crippen LogP contribution is -2.42. The number of carboxylic acids is 1. The molecule has 1 saturated heterocycles. The Hall–Kier alpha value is -0.880. The lowest BCUT2D eigenvalue weighted by atomic mass is 9.98. The molecule has 98 valence electrons. The number of likely N-dealkylation sites (tertiary alicyclic amines) is 1. The van der Waals surface area contributed by atoms with Crippen molar-refractivity contribution in [1.82, 2.24) is 4.90 Å². The van der Waals surface area contributed by atoms with Gasteiger partial charge in [0.05, 0.1) is 14.6 Å². The third kappa shape index (κ3) is 2.75. The number of amides is 1. The van der Waals surface area contributed by atoms with Gasteiger partial charge in [-0.15, -0.1) is 11.3 Å². The normalized spacial score (nSPS) is 19.9. The summed E-state index contributed by atoms with van der Waals surface area (Å²) in [6, 6.07) is 1.85. The quantitative estimate of drug-likeness (QED) is 0.906. The predicted molar refractivity (Wildman–Crippen MR) is 73.0 cm³/mol. The van der Waals surface area contributed by atoms with Gasteiger partial charge in [-0.3, -0.25) is 9.59 Å². The van der Waals surface area contributed by atoms with Crippen LogP contribution in [0.2, 0.25) is 0 Å². The highest BCUT2D eigenvalue weighted by Crippen LogP contribution is 2.29. The van der Waals surface area contributed by atoms with E-state index < -0.39 is 11.9 Å². The topological polar surface area (TPSA) is 57.6 Å². The fourth-order valence-corrected chi connectivity index (χ4v) is 3.59. The van der Waals surface area contributed by atoms with E-state index in [0.717, 1.165) is 15.8 Å². The van der Waals surface area contributed by atoms with Crippen LogP contribution < -0.4 is 0 Å². The highest BCUT2D eigenvalue weighted by molar-refractivity contribution is 9.11. The van der Waals surface area contributed by atoms with E-state index in [-0.39, 0.29) is 5.91 Å². The van der Waals surface area contributed by atoms with Crippen LogP contribution in [-0.4, -0.2) is 35.0 Å². The third-order valence-electron chi connectivity index (χ3n) is 3.13. The second-order valence-corrected chi connectivity index (χ2v) is 6.87. The van der Waals surface area contributed by atoms with Crippen molar-refractivity contribution in [3.63, 3.8) is 0 Å². The Morgan fingerprint density at radius 3 is 2.83 bits per heavy atom. The van der Waals surface area contributed by atoms with Gasteiger partial charge in [-0.05, 0) is 47.3 Å². The van der Waals surface area contributed by atoms with Crippen LogP contribution in [0.15, 0.2) is 9.85 Å². The number of rotatable bonds is 2. The Morgan fingerprint density at radius 2 is 2.28 bits per heavy atom. The molecule has 1 amide bonds. The molecule has 6 heteroatoms. The summed E-state index contributed by atoms with van der Waals surface area (Å²) in [5.41, 5.74) is 1.04. The minimum Gasteiger partial charge on any atom is -0.481 e. The maximum atomic E-state index is 12.3. The highest BCUT2D eigenvalue weighted by atomic mass is 79.9. The lowest BCUT2D eigenvalue weighted by molar-refractivity contribution is -0.143. The average Bonchev–Trinajstić information content (AvgIpc) is 2.69. The van der Waals surface area contributed by atoms with Crippen molar-refractivity contribution in [1.29, 1.82) is 0 Å². The zero-order valence-electron chi connectivity index (χ0n) is 9.98. The zero-order valence-corrected chi connectivity index (χ0v) is 12.4. The van der Waals surface area contributed by atoms with Crippen LogP contribution in [0, 0.1) is 12.8 Å². The molecule has 1 aromatic heterocycles. The van der Waals surface area contributed by atoms with E-state index in [2.05, 4.69) is 15.9 Å². The number of carbonyl (C=O) groups is 2. The molecule has 1 aliphatic heterocycles. The first kappa shape index (κ1) is 13.5. The Morgan fingerprint density at radius 1 is 1.56 bits per heavy atom.